The molecule has 1 aliphatic heterocycles. The summed E-state index contributed by atoms with van der Waals surface area (Å²) >= 11 is 0. The van der Waals surface area contributed by atoms with E-state index in [1.54, 1.807) is 20.8 Å². The predicted octanol–water partition coefficient (Wildman–Crippen LogP) is 0.627. The zero-order valence-electron chi connectivity index (χ0n) is 10.2. The largest absolute Gasteiger partial charge is 0.444 e. The molecule has 1 fully saturated rings. The fourth-order valence-corrected chi connectivity index (χ4v) is 1.14. The zero-order valence-corrected chi connectivity index (χ0v) is 10.2. The average molecular weight is 245 g/mol. The third-order valence-electron chi connectivity index (χ3n) is 1.74. The number of nitrogens with zero attached hydrogens (tertiary/aromatic N) is 1. The Kier molecular flexibility index (Phi) is 3.59. The molecule has 0 aliphatic carbocycles. The molecule has 1 rings (SSSR count). The third-order valence-corrected chi connectivity index (χ3v) is 1.74. The molecule has 1 saturated heterocycles. The van der Waals surface area contributed by atoms with Gasteiger partial charge in [0.25, 0.3) is 6.23 Å². The molecule has 0 N–H and O–H groups in total. The van der Waals surface area contributed by atoms with Crippen LogP contribution in [-0.4, -0.2) is 41.5 Å². The molecule has 0 aromatic carbocycles. The first-order chi connectivity index (χ1) is 7.70. The van der Waals surface area contributed by atoms with Crippen LogP contribution >= 0.6 is 0 Å². The molecule has 7 nitrogen and oxygen atoms in total. The molecule has 0 aromatic rings. The van der Waals surface area contributed by atoms with E-state index < -0.39 is 29.9 Å². The molecular formula is C10H15NO6. The number of carbonyl (C=O) groups excluding carboxylic acids is 3. The summed E-state index contributed by atoms with van der Waals surface area (Å²) in [7, 11) is 0. The number of ether oxygens (including phenoxy) is 3. The minimum atomic E-state index is -1.36. The first kappa shape index (κ1) is 13.3. The summed E-state index contributed by atoms with van der Waals surface area (Å²) in [6, 6.07) is 0. The normalized spacial score (nSPS) is 19.9. The van der Waals surface area contributed by atoms with Crippen molar-refractivity contribution in [3.05, 3.63) is 0 Å². The number of hydrogen-bond donors (Lipinski definition) is 0. The molecule has 0 saturated carbocycles. The Morgan fingerprint density at radius 3 is 2.47 bits per heavy atom. The van der Waals surface area contributed by atoms with E-state index >= 15 is 0 Å². The molecule has 7 heteroatoms. The maximum atomic E-state index is 11.7. The quantitative estimate of drug-likeness (QED) is 0.497. The van der Waals surface area contributed by atoms with Crippen molar-refractivity contribution < 1.29 is 28.6 Å². The van der Waals surface area contributed by atoms with Crippen LogP contribution in [0.15, 0.2) is 0 Å². The van der Waals surface area contributed by atoms with Gasteiger partial charge in [-0.15, -0.1) is 0 Å². The van der Waals surface area contributed by atoms with Crippen LogP contribution in [0, 0.1) is 0 Å². The molecule has 0 bridgehead atoms. The van der Waals surface area contributed by atoms with Crippen LogP contribution in [0.2, 0.25) is 0 Å². The van der Waals surface area contributed by atoms with E-state index in [0.717, 1.165) is 11.8 Å². The standard InChI is InChI=1S/C10H15NO6/c1-6(12)16-7-8(13)15-5-11(7)9(14)17-10(2,3)4/h7H,5H2,1-4H3. The van der Waals surface area contributed by atoms with Crippen LogP contribution in [0.3, 0.4) is 0 Å². The van der Waals surface area contributed by atoms with Gasteiger partial charge >= 0.3 is 18.0 Å². The molecule has 1 aliphatic rings. The highest BCUT2D eigenvalue weighted by Crippen LogP contribution is 2.17. The van der Waals surface area contributed by atoms with E-state index in [1.165, 1.54) is 0 Å². The van der Waals surface area contributed by atoms with Gasteiger partial charge in [0.2, 0.25) is 0 Å². The number of amides is 1. The fraction of sp³-hybridized carbons (Fsp3) is 0.700. The Bertz CT molecular complexity index is 345. The average Bonchev–Trinajstić information content (AvgIpc) is 2.44. The summed E-state index contributed by atoms with van der Waals surface area (Å²) in [4.78, 5) is 34.6. The van der Waals surface area contributed by atoms with Gasteiger partial charge in [-0.05, 0) is 20.8 Å². The summed E-state index contributed by atoms with van der Waals surface area (Å²) in [6.07, 6.45) is -2.13. The van der Waals surface area contributed by atoms with E-state index in [4.69, 9.17) is 4.74 Å². The van der Waals surface area contributed by atoms with E-state index in [2.05, 4.69) is 9.47 Å². The molecule has 96 valence electrons. The summed E-state index contributed by atoms with van der Waals surface area (Å²) < 4.78 is 14.4. The summed E-state index contributed by atoms with van der Waals surface area (Å²) in [6.45, 7) is 5.91. The lowest BCUT2D eigenvalue weighted by molar-refractivity contribution is -0.163. The molecule has 1 heterocycles. The Morgan fingerprint density at radius 1 is 1.41 bits per heavy atom. The highest BCUT2D eigenvalue weighted by Gasteiger charge is 2.42. The van der Waals surface area contributed by atoms with Crippen molar-refractivity contribution in [1.82, 2.24) is 4.90 Å². The minimum absolute atomic E-state index is 0.286. The van der Waals surface area contributed by atoms with Crippen LogP contribution in [-0.2, 0) is 23.8 Å². The van der Waals surface area contributed by atoms with Crippen molar-refractivity contribution in [2.75, 3.05) is 6.73 Å². The topological polar surface area (TPSA) is 82.1 Å². The molecular weight excluding hydrogens is 230 g/mol. The summed E-state index contributed by atoms with van der Waals surface area (Å²) in [5.41, 5.74) is -0.705. The van der Waals surface area contributed by atoms with Crippen LogP contribution in [0.1, 0.15) is 27.7 Å². The molecule has 1 atom stereocenters. The lowest BCUT2D eigenvalue weighted by Crippen LogP contribution is -2.43. The highest BCUT2D eigenvalue weighted by atomic mass is 16.7. The predicted molar refractivity (Wildman–Crippen MR) is 54.6 cm³/mol. The molecule has 1 amide bonds. The van der Waals surface area contributed by atoms with Gasteiger partial charge in [-0.1, -0.05) is 0 Å². The monoisotopic (exact) mass is 245 g/mol. The van der Waals surface area contributed by atoms with Crippen molar-refractivity contribution in [1.29, 1.82) is 0 Å². The van der Waals surface area contributed by atoms with Gasteiger partial charge in [0.1, 0.15) is 5.60 Å². The first-order valence-electron chi connectivity index (χ1n) is 5.04. The first-order valence-corrected chi connectivity index (χ1v) is 5.04. The van der Waals surface area contributed by atoms with Crippen molar-refractivity contribution >= 4 is 18.0 Å². The van der Waals surface area contributed by atoms with Gasteiger partial charge in [-0.3, -0.25) is 4.79 Å². The maximum absolute atomic E-state index is 11.7. The van der Waals surface area contributed by atoms with Crippen molar-refractivity contribution in [3.63, 3.8) is 0 Å². The second-order valence-corrected chi connectivity index (χ2v) is 4.50. The van der Waals surface area contributed by atoms with Gasteiger partial charge in [0.15, 0.2) is 6.73 Å². The van der Waals surface area contributed by atoms with E-state index in [9.17, 15) is 14.4 Å². The third kappa shape index (κ3) is 3.61. The molecule has 0 radical (unpaired) electrons. The Hall–Kier alpha value is -1.79. The smallest absolute Gasteiger partial charge is 0.416 e. The van der Waals surface area contributed by atoms with Gasteiger partial charge < -0.3 is 14.2 Å². The number of carbonyl (C=O) groups is 3. The number of cyclic esters (lactones) is 1. The Balaban J connectivity index is 2.72. The second kappa shape index (κ2) is 4.60. The molecule has 0 aromatic heterocycles. The van der Waals surface area contributed by atoms with Crippen LogP contribution in [0.25, 0.3) is 0 Å². The van der Waals surface area contributed by atoms with E-state index in [1.807, 2.05) is 0 Å². The van der Waals surface area contributed by atoms with Crippen molar-refractivity contribution in [2.45, 2.75) is 39.5 Å². The summed E-state index contributed by atoms with van der Waals surface area (Å²) in [5, 5.41) is 0. The van der Waals surface area contributed by atoms with E-state index in [0.29, 0.717) is 0 Å². The Morgan fingerprint density at radius 2 is 2.00 bits per heavy atom. The maximum Gasteiger partial charge on any atom is 0.416 e. The number of hydrogen-bond acceptors (Lipinski definition) is 6. The van der Waals surface area contributed by atoms with Crippen LogP contribution in [0.5, 0.6) is 0 Å². The van der Waals surface area contributed by atoms with Gasteiger partial charge in [0, 0.05) is 6.92 Å². The SMILES string of the molecule is CC(=O)OC1C(=O)OCN1C(=O)OC(C)(C)C. The van der Waals surface area contributed by atoms with E-state index in [-0.39, 0.29) is 6.73 Å². The lowest BCUT2D eigenvalue weighted by atomic mass is 10.2. The van der Waals surface area contributed by atoms with Crippen LogP contribution in [0.4, 0.5) is 4.79 Å². The Labute approximate surface area is 98.6 Å². The molecule has 1 unspecified atom stereocenters. The number of rotatable bonds is 1. The fourth-order valence-electron chi connectivity index (χ4n) is 1.14. The minimum Gasteiger partial charge on any atom is -0.444 e. The molecule has 0 spiro atoms. The van der Waals surface area contributed by atoms with Crippen LogP contribution < -0.4 is 0 Å². The zero-order chi connectivity index (χ0) is 13.2. The number of esters is 2. The van der Waals surface area contributed by atoms with Gasteiger partial charge in [0.05, 0.1) is 0 Å². The van der Waals surface area contributed by atoms with Crippen molar-refractivity contribution in [3.8, 4) is 0 Å². The second-order valence-electron chi connectivity index (χ2n) is 4.50. The molecule has 17 heavy (non-hydrogen) atoms. The lowest BCUT2D eigenvalue weighted by Gasteiger charge is -2.25. The highest BCUT2D eigenvalue weighted by molar-refractivity contribution is 5.84. The summed E-state index contributed by atoms with van der Waals surface area (Å²) in [5.74, 6) is -1.46. The van der Waals surface area contributed by atoms with Gasteiger partial charge in [-0.2, -0.15) is 0 Å². The van der Waals surface area contributed by atoms with Crippen molar-refractivity contribution in [2.24, 2.45) is 0 Å². The van der Waals surface area contributed by atoms with Gasteiger partial charge in [-0.25, -0.2) is 14.5 Å².